The van der Waals surface area contributed by atoms with Crippen molar-refractivity contribution in [1.82, 2.24) is 5.43 Å². The highest BCUT2D eigenvalue weighted by Gasteiger charge is 2.06. The molecule has 1 N–H and O–H groups in total. The first kappa shape index (κ1) is 16.7. The maximum Gasteiger partial charge on any atom is 0.277 e. The van der Waals surface area contributed by atoms with Crippen molar-refractivity contribution < 1.29 is 9.53 Å². The van der Waals surface area contributed by atoms with Crippen LogP contribution < -0.4 is 10.2 Å². The summed E-state index contributed by atoms with van der Waals surface area (Å²) in [6, 6.07) is 11.9. The van der Waals surface area contributed by atoms with Crippen molar-refractivity contribution in [3.63, 3.8) is 0 Å². The molecule has 0 radical (unpaired) electrons. The van der Waals surface area contributed by atoms with Crippen LogP contribution in [0.5, 0.6) is 5.75 Å². The van der Waals surface area contributed by atoms with Gasteiger partial charge < -0.3 is 4.74 Å². The van der Waals surface area contributed by atoms with E-state index in [1.54, 1.807) is 6.21 Å². The highest BCUT2D eigenvalue weighted by atomic mass is 16.5. The number of hydrogen-bond donors (Lipinski definition) is 1. The van der Waals surface area contributed by atoms with Gasteiger partial charge in [0, 0.05) is 0 Å². The van der Waals surface area contributed by atoms with Crippen molar-refractivity contribution in [1.29, 1.82) is 0 Å². The van der Waals surface area contributed by atoms with Crippen molar-refractivity contribution in [3.05, 3.63) is 64.2 Å². The molecule has 1 amide bonds. The predicted molar refractivity (Wildman–Crippen MR) is 93.1 cm³/mol. The zero-order valence-electron chi connectivity index (χ0n) is 14.0. The van der Waals surface area contributed by atoms with Gasteiger partial charge in [0.05, 0.1) is 6.21 Å². The van der Waals surface area contributed by atoms with E-state index in [4.69, 9.17) is 4.74 Å². The zero-order valence-corrected chi connectivity index (χ0v) is 14.0. The molecule has 0 atom stereocenters. The third kappa shape index (κ3) is 4.68. The Kier molecular flexibility index (Phi) is 5.52. The lowest BCUT2D eigenvalue weighted by molar-refractivity contribution is -0.123. The minimum atomic E-state index is -0.284. The first-order valence-corrected chi connectivity index (χ1v) is 7.55. The average molecular weight is 310 g/mol. The van der Waals surface area contributed by atoms with Crippen molar-refractivity contribution in [2.75, 3.05) is 6.61 Å². The van der Waals surface area contributed by atoms with Crippen LogP contribution in [0.1, 0.15) is 27.8 Å². The minimum absolute atomic E-state index is 0.0596. The van der Waals surface area contributed by atoms with Crippen LogP contribution in [0.2, 0.25) is 0 Å². The normalized spacial score (nSPS) is 10.8. The van der Waals surface area contributed by atoms with Gasteiger partial charge in [0.15, 0.2) is 6.61 Å². The molecule has 4 heteroatoms. The van der Waals surface area contributed by atoms with Gasteiger partial charge in [0.1, 0.15) is 5.75 Å². The quantitative estimate of drug-likeness (QED) is 0.679. The second-order valence-corrected chi connectivity index (χ2v) is 5.66. The van der Waals surface area contributed by atoms with Gasteiger partial charge in [0.2, 0.25) is 0 Å². The van der Waals surface area contributed by atoms with E-state index >= 15 is 0 Å². The highest BCUT2D eigenvalue weighted by Crippen LogP contribution is 2.21. The molecule has 2 rings (SSSR count). The largest absolute Gasteiger partial charge is 0.483 e. The average Bonchev–Trinajstić information content (AvgIpc) is 2.49. The Morgan fingerprint density at radius 2 is 1.78 bits per heavy atom. The molecular weight excluding hydrogens is 288 g/mol. The molecule has 0 aromatic heterocycles. The standard InChI is InChI=1S/C19H22N2O2/c1-13-8-9-17(16(4)10-13)11-20-21-18(22)12-23-19-14(2)6-5-7-15(19)3/h5-11H,12H2,1-4H3,(H,21,22). The third-order valence-electron chi connectivity index (χ3n) is 3.57. The number of nitrogens with one attached hydrogen (secondary N) is 1. The number of hydrazone groups is 1. The van der Waals surface area contributed by atoms with E-state index in [-0.39, 0.29) is 12.5 Å². The molecule has 0 saturated heterocycles. The SMILES string of the molecule is Cc1ccc(C=NNC(=O)COc2c(C)cccc2C)c(C)c1. The van der Waals surface area contributed by atoms with E-state index in [1.807, 2.05) is 58.0 Å². The van der Waals surface area contributed by atoms with Crippen LogP contribution in [0.4, 0.5) is 0 Å². The number of para-hydroxylation sites is 1. The molecule has 2 aromatic carbocycles. The van der Waals surface area contributed by atoms with Crippen molar-refractivity contribution in [2.24, 2.45) is 5.10 Å². The number of ether oxygens (including phenoxy) is 1. The van der Waals surface area contributed by atoms with Crippen LogP contribution >= 0.6 is 0 Å². The number of hydrogen-bond acceptors (Lipinski definition) is 3. The minimum Gasteiger partial charge on any atom is -0.483 e. The van der Waals surface area contributed by atoms with Crippen LogP contribution in [-0.2, 0) is 4.79 Å². The summed E-state index contributed by atoms with van der Waals surface area (Å²) in [4.78, 5) is 11.8. The first-order valence-electron chi connectivity index (χ1n) is 7.55. The second kappa shape index (κ2) is 7.58. The summed E-state index contributed by atoms with van der Waals surface area (Å²) in [5.74, 6) is 0.467. The molecule has 0 spiro atoms. The molecule has 0 aliphatic heterocycles. The van der Waals surface area contributed by atoms with Crippen LogP contribution in [0.3, 0.4) is 0 Å². The van der Waals surface area contributed by atoms with E-state index in [0.29, 0.717) is 0 Å². The smallest absolute Gasteiger partial charge is 0.277 e. The number of amides is 1. The molecular formula is C19H22N2O2. The predicted octanol–water partition coefficient (Wildman–Crippen LogP) is 3.45. The molecule has 0 aliphatic carbocycles. The summed E-state index contributed by atoms with van der Waals surface area (Å²) in [6.07, 6.45) is 1.64. The molecule has 0 unspecified atom stereocenters. The molecule has 0 fully saturated rings. The molecule has 4 nitrogen and oxygen atoms in total. The van der Waals surface area contributed by atoms with Crippen LogP contribution in [0.25, 0.3) is 0 Å². The lowest BCUT2D eigenvalue weighted by Crippen LogP contribution is -2.25. The number of aryl methyl sites for hydroxylation is 4. The Morgan fingerprint density at radius 3 is 2.43 bits per heavy atom. The summed E-state index contributed by atoms with van der Waals surface area (Å²) >= 11 is 0. The highest BCUT2D eigenvalue weighted by molar-refractivity contribution is 5.84. The second-order valence-electron chi connectivity index (χ2n) is 5.66. The summed E-state index contributed by atoms with van der Waals surface area (Å²) in [5.41, 5.74) is 7.81. The Hall–Kier alpha value is -2.62. The van der Waals surface area contributed by atoms with Gasteiger partial charge in [0.25, 0.3) is 5.91 Å². The van der Waals surface area contributed by atoms with E-state index in [1.165, 1.54) is 5.56 Å². The van der Waals surface area contributed by atoms with E-state index in [9.17, 15) is 4.79 Å². The van der Waals surface area contributed by atoms with Gasteiger partial charge in [-0.2, -0.15) is 5.10 Å². The van der Waals surface area contributed by atoms with Crippen molar-refractivity contribution >= 4 is 12.1 Å². The summed E-state index contributed by atoms with van der Waals surface area (Å²) in [7, 11) is 0. The fourth-order valence-electron chi connectivity index (χ4n) is 2.34. The number of benzene rings is 2. The molecule has 120 valence electrons. The number of carbonyl (C=O) groups excluding carboxylic acids is 1. The monoisotopic (exact) mass is 310 g/mol. The van der Waals surface area contributed by atoms with Gasteiger partial charge in [-0.1, -0.05) is 42.0 Å². The van der Waals surface area contributed by atoms with Crippen LogP contribution in [-0.4, -0.2) is 18.7 Å². The maximum atomic E-state index is 11.8. The Bertz CT molecular complexity index is 716. The third-order valence-corrected chi connectivity index (χ3v) is 3.57. The van der Waals surface area contributed by atoms with E-state index < -0.39 is 0 Å². The van der Waals surface area contributed by atoms with Crippen LogP contribution in [0, 0.1) is 27.7 Å². The molecule has 0 aliphatic rings. The summed E-state index contributed by atoms with van der Waals surface area (Å²) < 4.78 is 5.59. The van der Waals surface area contributed by atoms with Crippen LogP contribution in [0.15, 0.2) is 41.5 Å². The topological polar surface area (TPSA) is 50.7 Å². The molecule has 0 bridgehead atoms. The Morgan fingerprint density at radius 1 is 1.09 bits per heavy atom. The molecule has 23 heavy (non-hydrogen) atoms. The van der Waals surface area contributed by atoms with Gasteiger partial charge in [-0.3, -0.25) is 4.79 Å². The summed E-state index contributed by atoms with van der Waals surface area (Å²) in [6.45, 7) is 7.91. The van der Waals surface area contributed by atoms with Gasteiger partial charge in [-0.15, -0.1) is 0 Å². The first-order chi connectivity index (χ1) is 11.0. The maximum absolute atomic E-state index is 11.8. The molecule has 0 heterocycles. The van der Waals surface area contributed by atoms with Crippen molar-refractivity contribution in [2.45, 2.75) is 27.7 Å². The summed E-state index contributed by atoms with van der Waals surface area (Å²) in [5, 5.41) is 3.98. The van der Waals surface area contributed by atoms with Gasteiger partial charge >= 0.3 is 0 Å². The number of carbonyl (C=O) groups is 1. The molecule has 2 aromatic rings. The Labute approximate surface area is 137 Å². The lowest BCUT2D eigenvalue weighted by atomic mass is 10.1. The lowest BCUT2D eigenvalue weighted by Gasteiger charge is -2.10. The van der Waals surface area contributed by atoms with Gasteiger partial charge in [-0.25, -0.2) is 5.43 Å². The Balaban J connectivity index is 1.89. The zero-order chi connectivity index (χ0) is 16.8. The molecule has 0 saturated carbocycles. The number of nitrogens with zero attached hydrogens (tertiary/aromatic N) is 1. The van der Waals surface area contributed by atoms with E-state index in [2.05, 4.69) is 16.6 Å². The van der Waals surface area contributed by atoms with Gasteiger partial charge in [-0.05, 0) is 49.9 Å². The van der Waals surface area contributed by atoms with E-state index in [0.717, 1.165) is 28.0 Å². The fraction of sp³-hybridized carbons (Fsp3) is 0.263. The van der Waals surface area contributed by atoms with Crippen molar-refractivity contribution in [3.8, 4) is 5.75 Å². The fourth-order valence-corrected chi connectivity index (χ4v) is 2.34. The number of rotatable bonds is 5.